The second kappa shape index (κ2) is 8.53. The molecule has 8 heteroatoms. The van der Waals surface area contributed by atoms with Gasteiger partial charge in [0.15, 0.2) is 9.84 Å². The van der Waals surface area contributed by atoms with E-state index in [2.05, 4.69) is 5.32 Å². The molecule has 0 spiro atoms. The van der Waals surface area contributed by atoms with Crippen molar-refractivity contribution in [1.29, 1.82) is 0 Å². The molecular formula is C20H18FNO4S2. The van der Waals surface area contributed by atoms with Gasteiger partial charge in [-0.2, -0.15) is 0 Å². The molecule has 1 heterocycles. The summed E-state index contributed by atoms with van der Waals surface area (Å²) in [6, 6.07) is 14.7. The maximum Gasteiger partial charge on any atom is 0.251 e. The molecule has 0 saturated heterocycles. The third-order valence-electron chi connectivity index (χ3n) is 4.16. The molecule has 1 unspecified atom stereocenters. The molecule has 2 aromatic carbocycles. The van der Waals surface area contributed by atoms with Crippen molar-refractivity contribution in [2.75, 3.05) is 13.7 Å². The van der Waals surface area contributed by atoms with Crippen LogP contribution in [0.4, 0.5) is 4.39 Å². The van der Waals surface area contributed by atoms with Gasteiger partial charge in [-0.25, -0.2) is 12.8 Å². The number of carbonyl (C=O) groups excluding carboxylic acids is 1. The van der Waals surface area contributed by atoms with Crippen LogP contribution in [0.1, 0.15) is 20.5 Å². The predicted molar refractivity (Wildman–Crippen MR) is 106 cm³/mol. The van der Waals surface area contributed by atoms with Crippen molar-refractivity contribution >= 4 is 27.1 Å². The lowest BCUT2D eigenvalue weighted by Crippen LogP contribution is -2.31. The van der Waals surface area contributed by atoms with Gasteiger partial charge >= 0.3 is 0 Å². The van der Waals surface area contributed by atoms with E-state index in [0.29, 0.717) is 16.2 Å². The first-order valence-corrected chi connectivity index (χ1v) is 10.8. The van der Waals surface area contributed by atoms with Crippen LogP contribution in [0.15, 0.2) is 70.9 Å². The summed E-state index contributed by atoms with van der Waals surface area (Å²) in [5, 5.41) is 3.48. The third kappa shape index (κ3) is 4.40. The van der Waals surface area contributed by atoms with Gasteiger partial charge in [-0.15, -0.1) is 11.3 Å². The number of ether oxygens (including phenoxy) is 1. The van der Waals surface area contributed by atoms with E-state index in [1.54, 1.807) is 41.8 Å². The average molecular weight is 419 g/mol. The first-order valence-electron chi connectivity index (χ1n) is 8.37. The summed E-state index contributed by atoms with van der Waals surface area (Å²) in [5.41, 5.74) is 0.364. The second-order valence-corrected chi connectivity index (χ2v) is 9.05. The number of benzene rings is 2. The van der Waals surface area contributed by atoms with Crippen LogP contribution in [0.2, 0.25) is 0 Å². The van der Waals surface area contributed by atoms with Gasteiger partial charge < -0.3 is 10.1 Å². The van der Waals surface area contributed by atoms with E-state index in [1.165, 1.54) is 30.6 Å². The van der Waals surface area contributed by atoms with E-state index in [0.717, 1.165) is 12.1 Å². The Morgan fingerprint density at radius 3 is 2.54 bits per heavy atom. The van der Waals surface area contributed by atoms with E-state index >= 15 is 0 Å². The standard InChI is InChI=1S/C20H18FNO4S2/c1-26-16-5-2-4-14(12-16)20(23)22-13-19(18-6-3-11-27-18)28(24,25)17-9-7-15(21)8-10-17/h2-12,19H,13H2,1H3,(H,22,23). The Morgan fingerprint density at radius 1 is 1.14 bits per heavy atom. The average Bonchev–Trinajstić information content (AvgIpc) is 3.22. The summed E-state index contributed by atoms with van der Waals surface area (Å²) < 4.78 is 44.5. The SMILES string of the molecule is COc1cccc(C(=O)NCC(c2cccs2)S(=O)(=O)c2ccc(F)cc2)c1. The lowest BCUT2D eigenvalue weighted by molar-refractivity contribution is 0.0953. The molecule has 0 saturated carbocycles. The number of amides is 1. The predicted octanol–water partition coefficient (Wildman–Crippen LogP) is 3.84. The Hall–Kier alpha value is -2.71. The van der Waals surface area contributed by atoms with E-state index in [1.807, 2.05) is 0 Å². The van der Waals surface area contributed by atoms with Crippen LogP contribution in [0, 0.1) is 5.82 Å². The number of nitrogens with one attached hydrogen (secondary N) is 1. The molecule has 0 bridgehead atoms. The molecule has 3 aromatic rings. The Balaban J connectivity index is 1.85. The Morgan fingerprint density at radius 2 is 1.89 bits per heavy atom. The number of sulfone groups is 1. The fourth-order valence-electron chi connectivity index (χ4n) is 2.68. The monoisotopic (exact) mass is 419 g/mol. The smallest absolute Gasteiger partial charge is 0.251 e. The molecule has 28 heavy (non-hydrogen) atoms. The maximum absolute atomic E-state index is 13.2. The van der Waals surface area contributed by atoms with Crippen molar-refractivity contribution in [2.24, 2.45) is 0 Å². The summed E-state index contributed by atoms with van der Waals surface area (Å²) in [6.45, 7) is -0.115. The topological polar surface area (TPSA) is 72.5 Å². The van der Waals surface area contributed by atoms with E-state index in [-0.39, 0.29) is 11.4 Å². The van der Waals surface area contributed by atoms with E-state index in [4.69, 9.17) is 4.74 Å². The summed E-state index contributed by atoms with van der Waals surface area (Å²) >= 11 is 1.28. The minimum absolute atomic E-state index is 0.00271. The highest BCUT2D eigenvalue weighted by Gasteiger charge is 2.30. The van der Waals surface area contributed by atoms with Crippen molar-refractivity contribution in [2.45, 2.75) is 10.1 Å². The quantitative estimate of drug-likeness (QED) is 0.591. The molecule has 0 radical (unpaired) electrons. The normalized spacial score (nSPS) is 12.4. The van der Waals surface area contributed by atoms with Crippen molar-refractivity contribution in [3.63, 3.8) is 0 Å². The van der Waals surface area contributed by atoms with E-state index in [9.17, 15) is 17.6 Å². The molecule has 0 fully saturated rings. The molecule has 1 N–H and O–H groups in total. The Kier molecular flexibility index (Phi) is 6.11. The Labute approximate surface area is 166 Å². The van der Waals surface area contributed by atoms with Crippen LogP contribution < -0.4 is 10.1 Å². The number of rotatable bonds is 7. The molecule has 1 atom stereocenters. The van der Waals surface area contributed by atoms with Crippen LogP contribution in [0.5, 0.6) is 5.75 Å². The number of methoxy groups -OCH3 is 1. The van der Waals surface area contributed by atoms with Gasteiger partial charge in [0, 0.05) is 17.0 Å². The van der Waals surface area contributed by atoms with Crippen molar-refractivity contribution in [1.82, 2.24) is 5.32 Å². The number of thiophene rings is 1. The van der Waals surface area contributed by atoms with E-state index < -0.39 is 26.8 Å². The maximum atomic E-state index is 13.2. The number of carbonyl (C=O) groups is 1. The third-order valence-corrected chi connectivity index (χ3v) is 7.39. The van der Waals surface area contributed by atoms with Gasteiger partial charge in [0.2, 0.25) is 0 Å². The molecule has 1 amide bonds. The molecule has 146 valence electrons. The lowest BCUT2D eigenvalue weighted by atomic mass is 10.2. The molecule has 0 aliphatic carbocycles. The van der Waals surface area contributed by atoms with Crippen molar-refractivity contribution in [3.05, 3.63) is 82.3 Å². The zero-order valence-corrected chi connectivity index (χ0v) is 16.6. The van der Waals surface area contributed by atoms with Crippen LogP contribution in [0.3, 0.4) is 0 Å². The Bertz CT molecular complexity index is 1050. The first-order chi connectivity index (χ1) is 13.4. The molecule has 0 aliphatic heterocycles. The number of hydrogen-bond acceptors (Lipinski definition) is 5. The lowest BCUT2D eigenvalue weighted by Gasteiger charge is -2.17. The zero-order chi connectivity index (χ0) is 20.1. The van der Waals surface area contributed by atoms with Gasteiger partial charge in [0.25, 0.3) is 5.91 Å². The van der Waals surface area contributed by atoms with Crippen LogP contribution in [0.25, 0.3) is 0 Å². The number of halogens is 1. The van der Waals surface area contributed by atoms with Gasteiger partial charge in [-0.3, -0.25) is 4.79 Å². The van der Waals surface area contributed by atoms with Crippen molar-refractivity contribution < 1.29 is 22.3 Å². The summed E-state index contributed by atoms with van der Waals surface area (Å²) in [6.07, 6.45) is 0. The summed E-state index contributed by atoms with van der Waals surface area (Å²) in [5.74, 6) is -0.394. The minimum atomic E-state index is -3.83. The zero-order valence-electron chi connectivity index (χ0n) is 15.0. The molecule has 0 aliphatic rings. The van der Waals surface area contributed by atoms with Crippen LogP contribution in [-0.2, 0) is 9.84 Å². The molecular weight excluding hydrogens is 401 g/mol. The van der Waals surface area contributed by atoms with Gasteiger partial charge in [-0.1, -0.05) is 12.1 Å². The van der Waals surface area contributed by atoms with Gasteiger partial charge in [-0.05, 0) is 53.9 Å². The van der Waals surface area contributed by atoms with Crippen LogP contribution in [-0.4, -0.2) is 28.0 Å². The number of hydrogen-bond donors (Lipinski definition) is 1. The molecule has 1 aromatic heterocycles. The highest BCUT2D eigenvalue weighted by atomic mass is 32.2. The van der Waals surface area contributed by atoms with Gasteiger partial charge in [0.05, 0.1) is 12.0 Å². The fraction of sp³-hybridized carbons (Fsp3) is 0.150. The highest BCUT2D eigenvalue weighted by Crippen LogP contribution is 2.31. The van der Waals surface area contributed by atoms with Gasteiger partial charge in [0.1, 0.15) is 16.8 Å². The first kappa shape index (κ1) is 20.0. The molecule has 5 nitrogen and oxygen atoms in total. The summed E-state index contributed by atoms with van der Waals surface area (Å²) in [7, 11) is -2.33. The second-order valence-electron chi connectivity index (χ2n) is 5.94. The fourth-order valence-corrected chi connectivity index (χ4v) is 5.46. The van der Waals surface area contributed by atoms with Crippen LogP contribution >= 0.6 is 11.3 Å². The minimum Gasteiger partial charge on any atom is -0.497 e. The van der Waals surface area contributed by atoms with Crippen molar-refractivity contribution in [3.8, 4) is 5.75 Å². The largest absolute Gasteiger partial charge is 0.497 e. The molecule has 3 rings (SSSR count). The summed E-state index contributed by atoms with van der Waals surface area (Å²) in [4.78, 5) is 13.1. The highest BCUT2D eigenvalue weighted by molar-refractivity contribution is 7.91.